The summed E-state index contributed by atoms with van der Waals surface area (Å²) < 4.78 is 5.84. The normalized spacial score (nSPS) is 20.4. The van der Waals surface area contributed by atoms with Crippen molar-refractivity contribution in [1.29, 1.82) is 0 Å². The lowest BCUT2D eigenvalue weighted by Crippen LogP contribution is -2.18. The molecule has 1 saturated heterocycles. The number of rotatable bonds is 5. The van der Waals surface area contributed by atoms with Crippen LogP contribution in [0.15, 0.2) is 42.6 Å². The van der Waals surface area contributed by atoms with Crippen LogP contribution in [-0.2, 0) is 4.74 Å². The van der Waals surface area contributed by atoms with Crippen molar-refractivity contribution in [2.24, 2.45) is 5.92 Å². The molecular formula is C16H16ClN3O3. The van der Waals surface area contributed by atoms with Gasteiger partial charge in [0.15, 0.2) is 0 Å². The molecule has 0 radical (unpaired) electrons. The fourth-order valence-electron chi connectivity index (χ4n) is 2.74. The Balaban J connectivity index is 1.67. The number of aromatic nitrogens is 1. The Labute approximate surface area is 138 Å². The molecule has 7 heteroatoms. The van der Waals surface area contributed by atoms with Crippen molar-refractivity contribution in [2.75, 3.05) is 18.5 Å². The molecule has 1 aliphatic heterocycles. The average molecular weight is 334 g/mol. The molecule has 0 bridgehead atoms. The first-order chi connectivity index (χ1) is 11.1. The number of anilines is 1. The topological polar surface area (TPSA) is 77.3 Å². The molecule has 0 aliphatic carbocycles. The first-order valence-electron chi connectivity index (χ1n) is 7.35. The molecule has 2 aromatic rings. The second-order valence-electron chi connectivity index (χ2n) is 5.41. The van der Waals surface area contributed by atoms with Gasteiger partial charge in [-0.05, 0) is 12.0 Å². The fraction of sp³-hybridized carbons (Fsp3) is 0.312. The van der Waals surface area contributed by atoms with E-state index in [1.165, 1.54) is 12.3 Å². The van der Waals surface area contributed by atoms with Crippen LogP contribution in [0.25, 0.3) is 0 Å². The second-order valence-corrected chi connectivity index (χ2v) is 5.82. The van der Waals surface area contributed by atoms with Gasteiger partial charge in [-0.25, -0.2) is 4.98 Å². The fourth-order valence-corrected chi connectivity index (χ4v) is 2.97. The van der Waals surface area contributed by atoms with Gasteiger partial charge in [0, 0.05) is 25.1 Å². The highest BCUT2D eigenvalue weighted by molar-refractivity contribution is 6.33. The van der Waals surface area contributed by atoms with Gasteiger partial charge in [0.1, 0.15) is 12.0 Å². The maximum Gasteiger partial charge on any atom is 0.289 e. The Morgan fingerprint density at radius 1 is 1.39 bits per heavy atom. The van der Waals surface area contributed by atoms with E-state index in [9.17, 15) is 10.1 Å². The molecule has 1 aromatic heterocycles. The molecule has 2 unspecified atom stereocenters. The summed E-state index contributed by atoms with van der Waals surface area (Å²) in [5.74, 6) is 0.751. The molecule has 3 rings (SSSR count). The van der Waals surface area contributed by atoms with E-state index in [2.05, 4.69) is 22.4 Å². The van der Waals surface area contributed by atoms with Crippen LogP contribution in [0, 0.1) is 16.0 Å². The summed E-state index contributed by atoms with van der Waals surface area (Å²) in [6.07, 6.45) is 2.19. The predicted octanol–water partition coefficient (Wildman–Crippen LogP) is 3.83. The summed E-state index contributed by atoms with van der Waals surface area (Å²) in [4.78, 5) is 14.2. The summed E-state index contributed by atoms with van der Waals surface area (Å²) >= 11 is 6.05. The molecule has 1 N–H and O–H groups in total. The maximum atomic E-state index is 10.7. The van der Waals surface area contributed by atoms with E-state index in [-0.39, 0.29) is 16.8 Å². The average Bonchev–Trinajstić information content (AvgIpc) is 3.03. The third kappa shape index (κ3) is 3.60. The molecule has 23 heavy (non-hydrogen) atoms. The number of nitrogens with zero attached hydrogens (tertiary/aromatic N) is 2. The van der Waals surface area contributed by atoms with Crippen LogP contribution in [0.3, 0.4) is 0 Å². The molecule has 1 aromatic carbocycles. The van der Waals surface area contributed by atoms with Crippen molar-refractivity contribution in [2.45, 2.75) is 12.5 Å². The molecule has 2 heterocycles. The quantitative estimate of drug-likeness (QED) is 0.664. The van der Waals surface area contributed by atoms with Crippen molar-refractivity contribution < 1.29 is 9.66 Å². The number of hydrogen-bond acceptors (Lipinski definition) is 5. The number of ether oxygens (including phenoxy) is 1. The van der Waals surface area contributed by atoms with Crippen molar-refractivity contribution in [3.05, 3.63) is 63.3 Å². The van der Waals surface area contributed by atoms with Crippen LogP contribution in [-0.4, -0.2) is 23.1 Å². The molecule has 0 saturated carbocycles. The number of benzene rings is 1. The van der Waals surface area contributed by atoms with Crippen LogP contribution in [0.4, 0.5) is 11.5 Å². The molecule has 1 aliphatic rings. The summed E-state index contributed by atoms with van der Waals surface area (Å²) in [6.45, 7) is 1.36. The molecule has 120 valence electrons. The second kappa shape index (κ2) is 6.93. The number of hydrogen-bond donors (Lipinski definition) is 1. The van der Waals surface area contributed by atoms with E-state index in [1.807, 2.05) is 18.2 Å². The maximum absolute atomic E-state index is 10.7. The van der Waals surface area contributed by atoms with Crippen molar-refractivity contribution in [1.82, 2.24) is 4.98 Å². The standard InChI is InChI=1S/C16H16ClN3O3/c17-14-8-13(20(21)22)10-19-16(14)18-9-12-6-7-23-15(12)11-4-2-1-3-5-11/h1-5,8,10,12,15H,6-7,9H2,(H,18,19). The van der Waals surface area contributed by atoms with Gasteiger partial charge in [0.2, 0.25) is 0 Å². The van der Waals surface area contributed by atoms with E-state index < -0.39 is 4.92 Å². The number of nitro groups is 1. The van der Waals surface area contributed by atoms with Crippen molar-refractivity contribution >= 4 is 23.1 Å². The first-order valence-corrected chi connectivity index (χ1v) is 7.73. The van der Waals surface area contributed by atoms with Gasteiger partial charge >= 0.3 is 0 Å². The minimum absolute atomic E-state index is 0.0422. The van der Waals surface area contributed by atoms with E-state index in [0.29, 0.717) is 24.9 Å². The minimum atomic E-state index is -0.515. The lowest BCUT2D eigenvalue weighted by Gasteiger charge is -2.19. The number of halogens is 1. The summed E-state index contributed by atoms with van der Waals surface area (Å²) in [5.41, 5.74) is 1.03. The van der Waals surface area contributed by atoms with Crippen molar-refractivity contribution in [3.63, 3.8) is 0 Å². The van der Waals surface area contributed by atoms with Crippen LogP contribution in [0.1, 0.15) is 18.1 Å². The van der Waals surface area contributed by atoms with Gasteiger partial charge in [-0.3, -0.25) is 10.1 Å². The molecule has 0 amide bonds. The van der Waals surface area contributed by atoms with Gasteiger partial charge in [-0.1, -0.05) is 41.9 Å². The predicted molar refractivity (Wildman–Crippen MR) is 87.6 cm³/mol. The largest absolute Gasteiger partial charge is 0.373 e. The Morgan fingerprint density at radius 2 is 2.17 bits per heavy atom. The van der Waals surface area contributed by atoms with Gasteiger partial charge < -0.3 is 10.1 Å². The zero-order chi connectivity index (χ0) is 16.2. The third-order valence-corrected chi connectivity index (χ3v) is 4.20. The lowest BCUT2D eigenvalue weighted by atomic mass is 9.95. The van der Waals surface area contributed by atoms with Crippen LogP contribution >= 0.6 is 11.6 Å². The van der Waals surface area contributed by atoms with Gasteiger partial charge in [0.25, 0.3) is 5.69 Å². The summed E-state index contributed by atoms with van der Waals surface area (Å²) in [5, 5.41) is 14.1. The van der Waals surface area contributed by atoms with Gasteiger partial charge in [0.05, 0.1) is 16.0 Å². The Hall–Kier alpha value is -2.18. The highest BCUT2D eigenvalue weighted by Crippen LogP contribution is 2.35. The van der Waals surface area contributed by atoms with Crippen LogP contribution in [0.5, 0.6) is 0 Å². The molecule has 2 atom stereocenters. The Bertz CT molecular complexity index is 696. The van der Waals surface area contributed by atoms with Crippen molar-refractivity contribution in [3.8, 4) is 0 Å². The summed E-state index contributed by atoms with van der Waals surface area (Å²) in [7, 11) is 0. The third-order valence-electron chi connectivity index (χ3n) is 3.91. The van der Waals surface area contributed by atoms with E-state index >= 15 is 0 Å². The van der Waals surface area contributed by atoms with Gasteiger partial charge in [-0.15, -0.1) is 0 Å². The van der Waals surface area contributed by atoms with E-state index in [4.69, 9.17) is 16.3 Å². The number of pyridine rings is 1. The lowest BCUT2D eigenvalue weighted by molar-refractivity contribution is -0.385. The molecular weight excluding hydrogens is 318 g/mol. The first kappa shape index (κ1) is 15.7. The summed E-state index contributed by atoms with van der Waals surface area (Å²) in [6, 6.07) is 11.4. The Kier molecular flexibility index (Phi) is 4.73. The number of nitrogens with one attached hydrogen (secondary N) is 1. The smallest absolute Gasteiger partial charge is 0.289 e. The highest BCUT2D eigenvalue weighted by Gasteiger charge is 2.29. The van der Waals surface area contributed by atoms with Crippen LogP contribution < -0.4 is 5.32 Å². The zero-order valence-electron chi connectivity index (χ0n) is 12.3. The van der Waals surface area contributed by atoms with Gasteiger partial charge in [-0.2, -0.15) is 0 Å². The molecule has 0 spiro atoms. The van der Waals surface area contributed by atoms with E-state index in [0.717, 1.165) is 12.0 Å². The zero-order valence-corrected chi connectivity index (χ0v) is 13.1. The highest BCUT2D eigenvalue weighted by atomic mass is 35.5. The molecule has 6 nitrogen and oxygen atoms in total. The van der Waals surface area contributed by atoms with Crippen LogP contribution in [0.2, 0.25) is 5.02 Å². The van der Waals surface area contributed by atoms with E-state index in [1.54, 1.807) is 0 Å². The molecule has 1 fully saturated rings. The SMILES string of the molecule is O=[N+]([O-])c1cnc(NCC2CCOC2c2ccccc2)c(Cl)c1. The minimum Gasteiger partial charge on any atom is -0.373 e. The monoisotopic (exact) mass is 333 g/mol. The Morgan fingerprint density at radius 3 is 2.87 bits per heavy atom.